The number of guanidine groups is 1. The van der Waals surface area contributed by atoms with Gasteiger partial charge in [0.2, 0.25) is 5.89 Å². The van der Waals surface area contributed by atoms with Gasteiger partial charge < -0.3 is 14.7 Å². The molecule has 0 saturated carbocycles. The molecule has 1 heterocycles. The molecule has 0 saturated heterocycles. The van der Waals surface area contributed by atoms with Crippen molar-refractivity contribution in [2.45, 2.75) is 20.0 Å². The second-order valence-electron chi connectivity index (χ2n) is 4.60. The molecular formula is C14H20IN5O. The average Bonchev–Trinajstić information content (AvgIpc) is 2.85. The zero-order valence-corrected chi connectivity index (χ0v) is 14.7. The fourth-order valence-corrected chi connectivity index (χ4v) is 1.68. The molecule has 0 aliphatic heterocycles. The van der Waals surface area contributed by atoms with Gasteiger partial charge in [0.1, 0.15) is 0 Å². The Morgan fingerprint density at radius 3 is 2.57 bits per heavy atom. The first-order chi connectivity index (χ1) is 9.65. The molecule has 6 nitrogen and oxygen atoms in total. The van der Waals surface area contributed by atoms with E-state index < -0.39 is 0 Å². The Morgan fingerprint density at radius 1 is 1.29 bits per heavy atom. The molecule has 21 heavy (non-hydrogen) atoms. The summed E-state index contributed by atoms with van der Waals surface area (Å²) in [5, 5.41) is 7.05. The molecular weight excluding hydrogens is 381 g/mol. The number of aryl methyl sites for hydroxylation is 1. The van der Waals surface area contributed by atoms with Crippen LogP contribution in [0.3, 0.4) is 0 Å². The zero-order valence-electron chi connectivity index (χ0n) is 12.4. The Balaban J connectivity index is 0.00000220. The fourth-order valence-electron chi connectivity index (χ4n) is 1.68. The normalized spacial score (nSPS) is 10.9. The molecule has 0 fully saturated rings. The van der Waals surface area contributed by atoms with Crippen molar-refractivity contribution in [3.63, 3.8) is 0 Å². The van der Waals surface area contributed by atoms with Crippen LogP contribution in [0.15, 0.2) is 39.8 Å². The Labute approximate surface area is 141 Å². The number of halogens is 1. The van der Waals surface area contributed by atoms with Gasteiger partial charge in [0.15, 0.2) is 11.8 Å². The maximum Gasteiger partial charge on any atom is 0.223 e. The Morgan fingerprint density at radius 2 is 2.00 bits per heavy atom. The number of rotatable bonds is 4. The summed E-state index contributed by atoms with van der Waals surface area (Å²) in [6.07, 6.45) is 0. The Kier molecular flexibility index (Phi) is 7.13. The van der Waals surface area contributed by atoms with Crippen LogP contribution in [-0.4, -0.2) is 35.1 Å². The van der Waals surface area contributed by atoms with E-state index >= 15 is 0 Å². The number of nitrogens with one attached hydrogen (secondary N) is 1. The summed E-state index contributed by atoms with van der Waals surface area (Å²) in [6.45, 7) is 2.89. The van der Waals surface area contributed by atoms with Gasteiger partial charge in [-0.1, -0.05) is 35.5 Å². The average molecular weight is 401 g/mol. The third-order valence-electron chi connectivity index (χ3n) is 2.65. The molecule has 7 heteroatoms. The third-order valence-corrected chi connectivity index (χ3v) is 2.65. The number of nitrogens with zero attached hydrogens (tertiary/aromatic N) is 4. The second-order valence-corrected chi connectivity index (χ2v) is 4.60. The summed E-state index contributed by atoms with van der Waals surface area (Å²) < 4.78 is 4.93. The summed E-state index contributed by atoms with van der Waals surface area (Å²) in [5.74, 6) is 1.97. The van der Waals surface area contributed by atoms with E-state index in [1.807, 2.05) is 37.2 Å². The quantitative estimate of drug-likeness (QED) is 0.484. The van der Waals surface area contributed by atoms with Gasteiger partial charge in [0, 0.05) is 21.0 Å². The van der Waals surface area contributed by atoms with Crippen molar-refractivity contribution in [1.29, 1.82) is 0 Å². The van der Waals surface area contributed by atoms with Gasteiger partial charge in [-0.2, -0.15) is 4.98 Å². The SMILES string of the molecule is Cc1nc(CNC(=NCc2ccccc2)N(C)C)no1.I. The Hall–Kier alpha value is -1.64. The van der Waals surface area contributed by atoms with Crippen LogP contribution < -0.4 is 5.32 Å². The van der Waals surface area contributed by atoms with Gasteiger partial charge in [0.05, 0.1) is 13.1 Å². The maximum atomic E-state index is 4.93. The minimum atomic E-state index is 0. The van der Waals surface area contributed by atoms with Crippen LogP contribution in [0.4, 0.5) is 0 Å². The van der Waals surface area contributed by atoms with Crippen molar-refractivity contribution in [2.75, 3.05) is 14.1 Å². The second kappa shape index (κ2) is 8.60. The van der Waals surface area contributed by atoms with Crippen molar-refractivity contribution in [2.24, 2.45) is 4.99 Å². The lowest BCUT2D eigenvalue weighted by molar-refractivity contribution is 0.386. The van der Waals surface area contributed by atoms with Gasteiger partial charge in [-0.15, -0.1) is 24.0 Å². The van der Waals surface area contributed by atoms with E-state index in [0.717, 1.165) is 5.96 Å². The van der Waals surface area contributed by atoms with E-state index in [1.165, 1.54) is 5.56 Å². The molecule has 1 N–H and O–H groups in total. The summed E-state index contributed by atoms with van der Waals surface area (Å²) in [6, 6.07) is 10.1. The van der Waals surface area contributed by atoms with E-state index in [0.29, 0.717) is 24.8 Å². The number of benzene rings is 1. The molecule has 0 aliphatic rings. The van der Waals surface area contributed by atoms with Crippen molar-refractivity contribution in [3.05, 3.63) is 47.6 Å². The summed E-state index contributed by atoms with van der Waals surface area (Å²) in [7, 11) is 3.89. The van der Waals surface area contributed by atoms with Gasteiger partial charge in [-0.3, -0.25) is 0 Å². The molecule has 0 aliphatic carbocycles. The number of aliphatic imine (C=N–C) groups is 1. The lowest BCUT2D eigenvalue weighted by atomic mass is 10.2. The fraction of sp³-hybridized carbons (Fsp3) is 0.357. The lowest BCUT2D eigenvalue weighted by Crippen LogP contribution is -2.36. The smallest absolute Gasteiger partial charge is 0.223 e. The highest BCUT2D eigenvalue weighted by Gasteiger charge is 2.05. The molecule has 0 spiro atoms. The van der Waals surface area contributed by atoms with Crippen molar-refractivity contribution in [1.82, 2.24) is 20.4 Å². The monoisotopic (exact) mass is 401 g/mol. The molecule has 1 aromatic carbocycles. The minimum absolute atomic E-state index is 0. The van der Waals surface area contributed by atoms with Crippen LogP contribution >= 0.6 is 24.0 Å². The lowest BCUT2D eigenvalue weighted by Gasteiger charge is -2.16. The zero-order chi connectivity index (χ0) is 14.4. The summed E-state index contributed by atoms with van der Waals surface area (Å²) in [5.41, 5.74) is 1.17. The van der Waals surface area contributed by atoms with E-state index in [2.05, 4.69) is 32.6 Å². The standard InChI is InChI=1S/C14H19N5O.HI/c1-11-17-13(18-20-11)10-16-14(19(2)3)15-9-12-7-5-4-6-8-12;/h4-8H,9-10H2,1-3H3,(H,15,16);1H. The predicted octanol–water partition coefficient (Wildman–Crippen LogP) is 2.20. The highest BCUT2D eigenvalue weighted by atomic mass is 127. The van der Waals surface area contributed by atoms with E-state index in [-0.39, 0.29) is 24.0 Å². The van der Waals surface area contributed by atoms with Crippen LogP contribution in [0.25, 0.3) is 0 Å². The maximum absolute atomic E-state index is 4.93. The highest BCUT2D eigenvalue weighted by Crippen LogP contribution is 2.01. The third kappa shape index (κ3) is 5.70. The molecule has 1 aromatic heterocycles. The first-order valence-electron chi connectivity index (χ1n) is 6.44. The van der Waals surface area contributed by atoms with E-state index in [1.54, 1.807) is 6.92 Å². The van der Waals surface area contributed by atoms with E-state index in [4.69, 9.17) is 4.52 Å². The van der Waals surface area contributed by atoms with Crippen LogP contribution in [0.1, 0.15) is 17.3 Å². The summed E-state index contributed by atoms with van der Waals surface area (Å²) >= 11 is 0. The molecule has 0 unspecified atom stereocenters. The first kappa shape index (κ1) is 17.4. The van der Waals surface area contributed by atoms with Crippen LogP contribution in [0.5, 0.6) is 0 Å². The Bertz CT molecular complexity index is 568. The number of hydrogen-bond acceptors (Lipinski definition) is 4. The number of hydrogen-bond donors (Lipinski definition) is 1. The van der Waals surface area contributed by atoms with Gasteiger partial charge in [-0.05, 0) is 5.56 Å². The first-order valence-corrected chi connectivity index (χ1v) is 6.44. The predicted molar refractivity (Wildman–Crippen MR) is 92.6 cm³/mol. The topological polar surface area (TPSA) is 66.6 Å². The molecule has 0 bridgehead atoms. The highest BCUT2D eigenvalue weighted by molar-refractivity contribution is 14.0. The van der Waals surface area contributed by atoms with Gasteiger partial charge in [-0.25, -0.2) is 4.99 Å². The molecule has 2 aromatic rings. The van der Waals surface area contributed by atoms with Crippen molar-refractivity contribution in [3.8, 4) is 0 Å². The van der Waals surface area contributed by atoms with Gasteiger partial charge >= 0.3 is 0 Å². The van der Waals surface area contributed by atoms with Gasteiger partial charge in [0.25, 0.3) is 0 Å². The largest absolute Gasteiger partial charge is 0.349 e. The summed E-state index contributed by atoms with van der Waals surface area (Å²) in [4.78, 5) is 10.6. The number of aromatic nitrogens is 2. The minimum Gasteiger partial charge on any atom is -0.349 e. The van der Waals surface area contributed by atoms with E-state index in [9.17, 15) is 0 Å². The molecule has 0 radical (unpaired) electrons. The van der Waals surface area contributed by atoms with Crippen molar-refractivity contribution >= 4 is 29.9 Å². The van der Waals surface area contributed by atoms with Crippen LogP contribution in [-0.2, 0) is 13.1 Å². The van der Waals surface area contributed by atoms with Crippen LogP contribution in [0.2, 0.25) is 0 Å². The molecule has 2 rings (SSSR count). The van der Waals surface area contributed by atoms with Crippen molar-refractivity contribution < 1.29 is 4.52 Å². The molecule has 0 amide bonds. The molecule has 0 atom stereocenters. The van der Waals surface area contributed by atoms with Crippen LogP contribution in [0, 0.1) is 6.92 Å². The molecule has 114 valence electrons.